The second-order valence-electron chi connectivity index (χ2n) is 5.64. The van der Waals surface area contributed by atoms with Crippen molar-refractivity contribution in [3.63, 3.8) is 0 Å². The first-order valence-electron chi connectivity index (χ1n) is 6.92. The van der Waals surface area contributed by atoms with Gasteiger partial charge in [-0.2, -0.15) is 0 Å². The van der Waals surface area contributed by atoms with Crippen molar-refractivity contribution in [1.29, 1.82) is 0 Å². The van der Waals surface area contributed by atoms with Crippen LogP contribution in [0.1, 0.15) is 32.1 Å². The molecular formula is C15H19BrN2O. The van der Waals surface area contributed by atoms with E-state index in [2.05, 4.69) is 45.1 Å². The molecule has 1 saturated carbocycles. The van der Waals surface area contributed by atoms with Crippen molar-refractivity contribution in [2.24, 2.45) is 0 Å². The molecule has 0 atom stereocenters. The summed E-state index contributed by atoms with van der Waals surface area (Å²) in [6, 6.07) is 8.31. The number of amides is 1. The Kier molecular flexibility index (Phi) is 3.29. The van der Waals surface area contributed by atoms with E-state index in [4.69, 9.17) is 0 Å². The lowest BCUT2D eigenvalue weighted by atomic mass is 9.80. The van der Waals surface area contributed by atoms with Crippen molar-refractivity contribution in [1.82, 2.24) is 4.90 Å². The van der Waals surface area contributed by atoms with Crippen molar-refractivity contribution in [2.45, 2.75) is 37.6 Å². The Labute approximate surface area is 122 Å². The standard InChI is InChI=1S/C15H19BrN2O/c1-17-11-18(13-7-5-12(16)6-8-13)15(14(17)19)9-3-2-4-10-15/h5-8H,2-4,9-11H2,1H3. The van der Waals surface area contributed by atoms with Crippen molar-refractivity contribution < 1.29 is 4.79 Å². The third-order valence-corrected chi connectivity index (χ3v) is 4.96. The number of nitrogens with zero attached hydrogens (tertiary/aromatic N) is 2. The maximum Gasteiger partial charge on any atom is 0.249 e. The molecule has 2 fully saturated rings. The van der Waals surface area contributed by atoms with Gasteiger partial charge in [-0.1, -0.05) is 35.2 Å². The maximum absolute atomic E-state index is 12.6. The van der Waals surface area contributed by atoms with Crippen LogP contribution in [0.15, 0.2) is 28.7 Å². The zero-order valence-corrected chi connectivity index (χ0v) is 12.8. The highest BCUT2D eigenvalue weighted by atomic mass is 79.9. The van der Waals surface area contributed by atoms with E-state index in [9.17, 15) is 4.79 Å². The molecule has 0 radical (unpaired) electrons. The number of hydrogen-bond acceptors (Lipinski definition) is 2. The predicted octanol–water partition coefficient (Wildman–Crippen LogP) is 3.39. The molecule has 1 heterocycles. The minimum atomic E-state index is -0.277. The Morgan fingerprint density at radius 3 is 2.37 bits per heavy atom. The number of carbonyl (C=O) groups excluding carboxylic acids is 1. The molecule has 19 heavy (non-hydrogen) atoms. The van der Waals surface area contributed by atoms with Gasteiger partial charge in [0.05, 0.1) is 6.67 Å². The van der Waals surface area contributed by atoms with Gasteiger partial charge in [-0.05, 0) is 37.1 Å². The van der Waals surface area contributed by atoms with Crippen molar-refractivity contribution >= 4 is 27.5 Å². The quantitative estimate of drug-likeness (QED) is 0.791. The topological polar surface area (TPSA) is 23.6 Å². The minimum absolute atomic E-state index is 0.277. The molecule has 1 amide bonds. The molecule has 0 aromatic heterocycles. The number of halogens is 1. The van der Waals surface area contributed by atoms with Crippen LogP contribution in [0, 0.1) is 0 Å². The number of likely N-dealkylation sites (N-methyl/N-ethyl adjacent to an activating group) is 1. The van der Waals surface area contributed by atoms with E-state index in [1.54, 1.807) is 0 Å². The van der Waals surface area contributed by atoms with Gasteiger partial charge in [0, 0.05) is 17.2 Å². The number of anilines is 1. The van der Waals surface area contributed by atoms with Gasteiger partial charge in [0.2, 0.25) is 5.91 Å². The Morgan fingerprint density at radius 2 is 1.74 bits per heavy atom. The molecule has 2 aliphatic rings. The van der Waals surface area contributed by atoms with E-state index in [1.807, 2.05) is 11.9 Å². The molecule has 0 unspecified atom stereocenters. The summed E-state index contributed by atoms with van der Waals surface area (Å²) >= 11 is 3.47. The van der Waals surface area contributed by atoms with Gasteiger partial charge < -0.3 is 9.80 Å². The van der Waals surface area contributed by atoms with Crippen LogP contribution in [0.2, 0.25) is 0 Å². The summed E-state index contributed by atoms with van der Waals surface area (Å²) in [5.41, 5.74) is 0.878. The van der Waals surface area contributed by atoms with E-state index in [1.165, 1.54) is 6.42 Å². The van der Waals surface area contributed by atoms with Crippen LogP contribution in [0.3, 0.4) is 0 Å². The molecule has 1 aromatic rings. The fourth-order valence-electron chi connectivity index (χ4n) is 3.45. The lowest BCUT2D eigenvalue weighted by Gasteiger charge is -2.39. The van der Waals surface area contributed by atoms with Gasteiger partial charge in [-0.15, -0.1) is 0 Å². The largest absolute Gasteiger partial charge is 0.339 e. The van der Waals surface area contributed by atoms with Gasteiger partial charge in [-0.3, -0.25) is 4.79 Å². The zero-order chi connectivity index (χ0) is 13.5. The summed E-state index contributed by atoms with van der Waals surface area (Å²) in [7, 11) is 1.91. The van der Waals surface area contributed by atoms with Crippen LogP contribution in [0.5, 0.6) is 0 Å². The van der Waals surface area contributed by atoms with E-state index in [-0.39, 0.29) is 5.54 Å². The van der Waals surface area contributed by atoms with Gasteiger partial charge in [-0.25, -0.2) is 0 Å². The first-order valence-corrected chi connectivity index (χ1v) is 7.72. The Bertz CT molecular complexity index is 479. The summed E-state index contributed by atoms with van der Waals surface area (Å²) in [5.74, 6) is 0.301. The molecule has 3 nitrogen and oxygen atoms in total. The van der Waals surface area contributed by atoms with Gasteiger partial charge >= 0.3 is 0 Å². The molecular weight excluding hydrogens is 304 g/mol. The molecule has 1 spiro atoms. The average Bonchev–Trinajstić information content (AvgIpc) is 2.66. The fourth-order valence-corrected chi connectivity index (χ4v) is 3.72. The monoisotopic (exact) mass is 322 g/mol. The third-order valence-electron chi connectivity index (χ3n) is 4.43. The smallest absolute Gasteiger partial charge is 0.249 e. The molecule has 1 aromatic carbocycles. The molecule has 1 saturated heterocycles. The summed E-state index contributed by atoms with van der Waals surface area (Å²) in [6.07, 6.45) is 5.56. The highest BCUT2D eigenvalue weighted by Crippen LogP contribution is 2.41. The Balaban J connectivity index is 1.98. The Morgan fingerprint density at radius 1 is 1.11 bits per heavy atom. The Hall–Kier alpha value is -1.03. The molecule has 0 bridgehead atoms. The second kappa shape index (κ2) is 4.82. The van der Waals surface area contributed by atoms with Crippen LogP contribution in [-0.4, -0.2) is 30.1 Å². The summed E-state index contributed by atoms with van der Waals surface area (Å²) in [6.45, 7) is 0.709. The molecule has 1 aliphatic heterocycles. The molecule has 102 valence electrons. The maximum atomic E-state index is 12.6. The normalized spacial score (nSPS) is 22.3. The lowest BCUT2D eigenvalue weighted by molar-refractivity contribution is -0.132. The van der Waals surface area contributed by atoms with Gasteiger partial charge in [0.1, 0.15) is 5.54 Å². The lowest BCUT2D eigenvalue weighted by Crippen LogP contribution is -2.50. The third kappa shape index (κ3) is 2.06. The number of rotatable bonds is 1. The number of benzene rings is 1. The predicted molar refractivity (Wildman–Crippen MR) is 80.1 cm³/mol. The molecule has 4 heteroatoms. The number of carbonyl (C=O) groups is 1. The van der Waals surface area contributed by atoms with Gasteiger partial charge in [0.25, 0.3) is 0 Å². The SMILES string of the molecule is CN1CN(c2ccc(Br)cc2)C2(CCCCC2)C1=O. The second-order valence-corrected chi connectivity index (χ2v) is 6.56. The van der Waals surface area contributed by atoms with Gasteiger partial charge in [0.15, 0.2) is 0 Å². The summed E-state index contributed by atoms with van der Waals surface area (Å²) < 4.78 is 1.08. The molecule has 0 N–H and O–H groups in total. The van der Waals surface area contributed by atoms with Crippen LogP contribution >= 0.6 is 15.9 Å². The minimum Gasteiger partial charge on any atom is -0.339 e. The van der Waals surface area contributed by atoms with Crippen LogP contribution in [0.4, 0.5) is 5.69 Å². The van der Waals surface area contributed by atoms with E-state index in [0.29, 0.717) is 12.6 Å². The van der Waals surface area contributed by atoms with Crippen LogP contribution in [-0.2, 0) is 4.79 Å². The summed E-state index contributed by atoms with van der Waals surface area (Å²) in [4.78, 5) is 16.8. The first-order chi connectivity index (χ1) is 9.13. The van der Waals surface area contributed by atoms with Crippen LogP contribution in [0.25, 0.3) is 0 Å². The van der Waals surface area contributed by atoms with E-state index in [0.717, 1.165) is 35.8 Å². The number of hydrogen-bond donors (Lipinski definition) is 0. The van der Waals surface area contributed by atoms with E-state index >= 15 is 0 Å². The zero-order valence-electron chi connectivity index (χ0n) is 11.2. The van der Waals surface area contributed by atoms with Crippen LogP contribution < -0.4 is 4.90 Å². The fraction of sp³-hybridized carbons (Fsp3) is 0.533. The highest BCUT2D eigenvalue weighted by Gasteiger charge is 2.51. The first kappa shape index (κ1) is 13.0. The molecule has 3 rings (SSSR count). The average molecular weight is 323 g/mol. The molecule has 1 aliphatic carbocycles. The summed E-state index contributed by atoms with van der Waals surface area (Å²) in [5, 5.41) is 0. The van der Waals surface area contributed by atoms with Crippen molar-refractivity contribution in [3.05, 3.63) is 28.7 Å². The van der Waals surface area contributed by atoms with Crippen molar-refractivity contribution in [3.8, 4) is 0 Å². The van der Waals surface area contributed by atoms with E-state index < -0.39 is 0 Å². The van der Waals surface area contributed by atoms with Crippen molar-refractivity contribution in [2.75, 3.05) is 18.6 Å². The highest BCUT2D eigenvalue weighted by molar-refractivity contribution is 9.10.